The highest BCUT2D eigenvalue weighted by atomic mass is 35.5. The summed E-state index contributed by atoms with van der Waals surface area (Å²) in [6, 6.07) is 11.0. The maximum absolute atomic E-state index is 14.3. The van der Waals surface area contributed by atoms with Crippen LogP contribution in [0.5, 0.6) is 0 Å². The van der Waals surface area contributed by atoms with Crippen LogP contribution >= 0.6 is 11.6 Å². The first kappa shape index (κ1) is 25.7. The van der Waals surface area contributed by atoms with Crippen molar-refractivity contribution in [3.8, 4) is 11.1 Å². The third-order valence-electron chi connectivity index (χ3n) is 6.19. The van der Waals surface area contributed by atoms with Gasteiger partial charge in [0.15, 0.2) is 5.69 Å². The Morgan fingerprint density at radius 3 is 2.58 bits per heavy atom. The molecule has 1 aliphatic rings. The number of nitrogens with zero attached hydrogens (tertiary/aromatic N) is 3. The number of H-pyrrole nitrogens is 1. The largest absolute Gasteiger partial charge is 0.481 e. The van der Waals surface area contributed by atoms with E-state index in [1.54, 1.807) is 25.1 Å². The number of hydrogen-bond acceptors (Lipinski definition) is 6. The molecule has 9 nitrogen and oxygen atoms in total. The van der Waals surface area contributed by atoms with Gasteiger partial charge in [0.05, 0.1) is 17.7 Å². The van der Waals surface area contributed by atoms with E-state index < -0.39 is 29.4 Å². The number of aromatic amines is 1. The molecule has 0 aliphatic carbocycles. The third kappa shape index (κ3) is 6.45. The fraction of sp³-hybridized carbons (Fsp3) is 0.360. The summed E-state index contributed by atoms with van der Waals surface area (Å²) in [5, 5.41) is 32.9. The summed E-state index contributed by atoms with van der Waals surface area (Å²) in [4.78, 5) is 26.6. The van der Waals surface area contributed by atoms with Crippen LogP contribution in [-0.2, 0) is 11.2 Å². The zero-order valence-corrected chi connectivity index (χ0v) is 20.4. The summed E-state index contributed by atoms with van der Waals surface area (Å²) in [6.07, 6.45) is 1.88. The van der Waals surface area contributed by atoms with Crippen molar-refractivity contribution in [3.63, 3.8) is 0 Å². The van der Waals surface area contributed by atoms with E-state index >= 15 is 0 Å². The molecule has 1 amide bonds. The summed E-state index contributed by atoms with van der Waals surface area (Å²) in [6.45, 7) is 2.76. The number of hydrogen-bond donors (Lipinski definition) is 4. The molecule has 0 saturated carbocycles. The first-order valence-electron chi connectivity index (χ1n) is 11.5. The highest BCUT2D eigenvalue weighted by molar-refractivity contribution is 6.30. The van der Waals surface area contributed by atoms with Crippen molar-refractivity contribution in [2.75, 3.05) is 19.6 Å². The predicted molar refractivity (Wildman–Crippen MR) is 131 cm³/mol. The average Bonchev–Trinajstić information content (AvgIpc) is 3.34. The summed E-state index contributed by atoms with van der Waals surface area (Å²) in [7, 11) is 0. The van der Waals surface area contributed by atoms with Crippen LogP contribution in [0.2, 0.25) is 5.02 Å². The Bertz CT molecular complexity index is 1210. The minimum Gasteiger partial charge on any atom is -0.481 e. The van der Waals surface area contributed by atoms with Crippen molar-refractivity contribution in [1.82, 2.24) is 25.6 Å². The van der Waals surface area contributed by atoms with E-state index in [1.807, 2.05) is 17.0 Å². The number of carbonyl (C=O) groups excluding carboxylic acids is 1. The van der Waals surface area contributed by atoms with Gasteiger partial charge in [-0.1, -0.05) is 41.1 Å². The molecule has 190 valence electrons. The van der Waals surface area contributed by atoms with Gasteiger partial charge in [-0.2, -0.15) is 0 Å². The number of carboxylic acid groups (broad SMARTS) is 1. The van der Waals surface area contributed by atoms with Crippen molar-refractivity contribution < 1.29 is 24.2 Å². The van der Waals surface area contributed by atoms with Gasteiger partial charge in [-0.15, -0.1) is 5.10 Å². The summed E-state index contributed by atoms with van der Waals surface area (Å²) in [5.74, 6) is -2.60. The van der Waals surface area contributed by atoms with Gasteiger partial charge in [0, 0.05) is 36.3 Å². The monoisotopic (exact) mass is 515 g/mol. The molecular formula is C25H27ClFN5O4. The summed E-state index contributed by atoms with van der Waals surface area (Å²) >= 11 is 6.01. The van der Waals surface area contributed by atoms with Crippen LogP contribution in [-0.4, -0.2) is 73.7 Å². The Morgan fingerprint density at radius 1 is 1.25 bits per heavy atom. The van der Waals surface area contributed by atoms with E-state index in [2.05, 4.69) is 20.7 Å². The van der Waals surface area contributed by atoms with Crippen molar-refractivity contribution in [2.24, 2.45) is 5.92 Å². The molecule has 4 N–H and O–H groups in total. The topological polar surface area (TPSA) is 131 Å². The molecule has 1 aliphatic heterocycles. The number of amides is 1. The Hall–Kier alpha value is -3.34. The molecule has 2 aromatic carbocycles. The lowest BCUT2D eigenvalue weighted by Gasteiger charge is -2.45. The zero-order chi connectivity index (χ0) is 25.9. The molecule has 0 radical (unpaired) electrons. The number of aliphatic carboxylic acids is 1. The van der Waals surface area contributed by atoms with Crippen LogP contribution in [0, 0.1) is 11.7 Å². The minimum absolute atomic E-state index is 0.0949. The first-order valence-corrected chi connectivity index (χ1v) is 11.9. The fourth-order valence-electron chi connectivity index (χ4n) is 4.54. The van der Waals surface area contributed by atoms with Crippen LogP contribution in [0.1, 0.15) is 29.4 Å². The first-order chi connectivity index (χ1) is 17.1. The van der Waals surface area contributed by atoms with Crippen LogP contribution < -0.4 is 5.32 Å². The zero-order valence-electron chi connectivity index (χ0n) is 19.6. The number of aliphatic hydroxyl groups is 1. The Balaban J connectivity index is 1.50. The molecule has 2 heterocycles. The minimum atomic E-state index is -0.978. The number of halogens is 2. The molecule has 1 saturated heterocycles. The molecule has 3 aromatic rings. The second-order valence-corrected chi connectivity index (χ2v) is 9.93. The van der Waals surface area contributed by atoms with Crippen LogP contribution in [0.3, 0.4) is 0 Å². The van der Waals surface area contributed by atoms with Crippen LogP contribution in [0.25, 0.3) is 11.1 Å². The van der Waals surface area contributed by atoms with Crippen molar-refractivity contribution in [2.45, 2.75) is 31.4 Å². The Kier molecular flexibility index (Phi) is 7.67. The van der Waals surface area contributed by atoms with Gasteiger partial charge >= 0.3 is 5.97 Å². The number of β-amino-alcohol motifs (C(OH)–C–C–N with tert-alkyl or cyclic N) is 1. The summed E-state index contributed by atoms with van der Waals surface area (Å²) in [5.41, 5.74) is 1.14. The predicted octanol–water partition coefficient (Wildman–Crippen LogP) is 2.76. The van der Waals surface area contributed by atoms with Gasteiger partial charge in [-0.25, -0.2) is 4.39 Å². The van der Waals surface area contributed by atoms with Crippen molar-refractivity contribution in [1.29, 1.82) is 0 Å². The number of nitrogens with one attached hydrogen (secondary N) is 2. The molecule has 0 bridgehead atoms. The van der Waals surface area contributed by atoms with E-state index in [9.17, 15) is 24.2 Å². The lowest BCUT2D eigenvalue weighted by Crippen LogP contribution is -2.61. The van der Waals surface area contributed by atoms with Crippen molar-refractivity contribution >= 4 is 23.5 Å². The van der Waals surface area contributed by atoms with Gasteiger partial charge in [0.25, 0.3) is 5.91 Å². The van der Waals surface area contributed by atoms with Crippen molar-refractivity contribution in [3.05, 3.63) is 70.8 Å². The number of benzene rings is 2. The third-order valence-corrected chi connectivity index (χ3v) is 6.42. The quantitative estimate of drug-likeness (QED) is 0.326. The van der Waals surface area contributed by atoms with Gasteiger partial charge < -0.3 is 15.5 Å². The molecule has 4 rings (SSSR count). The number of rotatable bonds is 10. The average molecular weight is 516 g/mol. The van der Waals surface area contributed by atoms with E-state index in [-0.39, 0.29) is 24.5 Å². The van der Waals surface area contributed by atoms with E-state index in [0.717, 1.165) is 5.56 Å². The van der Waals surface area contributed by atoms with E-state index in [4.69, 9.17) is 11.6 Å². The number of carbonyl (C=O) groups is 2. The maximum Gasteiger partial charge on any atom is 0.307 e. The molecule has 11 heteroatoms. The lowest BCUT2D eigenvalue weighted by molar-refractivity contribution is -0.146. The SMILES string of the molecule is CC1(O)CN(C[C@@H](C[C@@H](Cc2ccc(-c3cc(Cl)ccc3F)cc2)NC(=O)c2c[nH]nn2)C(=O)O)C1. The van der Waals surface area contributed by atoms with Gasteiger partial charge in [-0.05, 0) is 49.1 Å². The van der Waals surface area contributed by atoms with Crippen LogP contribution in [0.15, 0.2) is 48.7 Å². The fourth-order valence-corrected chi connectivity index (χ4v) is 4.72. The molecule has 0 spiro atoms. The van der Waals surface area contributed by atoms with E-state index in [1.165, 1.54) is 18.3 Å². The molecule has 36 heavy (non-hydrogen) atoms. The highest BCUT2D eigenvalue weighted by Gasteiger charge is 2.39. The smallest absolute Gasteiger partial charge is 0.307 e. The molecule has 1 fully saturated rings. The second-order valence-electron chi connectivity index (χ2n) is 9.49. The second kappa shape index (κ2) is 10.7. The molecular weight excluding hydrogens is 489 g/mol. The number of carboxylic acids is 1. The van der Waals surface area contributed by atoms with E-state index in [0.29, 0.717) is 35.7 Å². The molecule has 1 aromatic heterocycles. The van der Waals surface area contributed by atoms with Gasteiger partial charge in [-0.3, -0.25) is 19.6 Å². The lowest BCUT2D eigenvalue weighted by atomic mass is 9.90. The maximum atomic E-state index is 14.3. The van der Waals surface area contributed by atoms with Gasteiger partial charge in [0.2, 0.25) is 0 Å². The van der Waals surface area contributed by atoms with Crippen LogP contribution in [0.4, 0.5) is 4.39 Å². The Labute approximate surface area is 212 Å². The highest BCUT2D eigenvalue weighted by Crippen LogP contribution is 2.27. The molecule has 2 atom stereocenters. The van der Waals surface area contributed by atoms with Gasteiger partial charge in [0.1, 0.15) is 5.82 Å². The Morgan fingerprint density at radius 2 is 1.97 bits per heavy atom. The number of likely N-dealkylation sites (tertiary alicyclic amines) is 1. The molecule has 0 unspecified atom stereocenters. The standard InChI is InChI=1S/C25H27ClFN5O4/c1-25(36)13-32(14-25)12-17(24(34)35)9-19(29-23(33)22-11-28-31-30-22)8-15-2-4-16(5-3-15)20-10-18(26)6-7-21(20)27/h2-7,10-11,17,19,36H,8-9,12-14H2,1H3,(H,29,33)(H,34,35)(H,28,30,31)/t17-,19-/m1/s1. The number of aromatic nitrogens is 3. The summed E-state index contributed by atoms with van der Waals surface area (Å²) < 4.78 is 14.3. The normalized spacial score (nSPS) is 16.7.